The van der Waals surface area contributed by atoms with Crippen LogP contribution in [-0.4, -0.2) is 28.5 Å². The van der Waals surface area contributed by atoms with Crippen LogP contribution in [0.3, 0.4) is 0 Å². The summed E-state index contributed by atoms with van der Waals surface area (Å²) in [6.07, 6.45) is 1.57. The van der Waals surface area contributed by atoms with Gasteiger partial charge >= 0.3 is 0 Å². The second-order valence-corrected chi connectivity index (χ2v) is 10.1. The Kier molecular flexibility index (Phi) is 8.18. The first-order valence-corrected chi connectivity index (χ1v) is 12.6. The molecule has 0 aliphatic carbocycles. The van der Waals surface area contributed by atoms with Crippen LogP contribution in [0.2, 0.25) is 10.0 Å². The molecule has 1 aliphatic heterocycles. The lowest BCUT2D eigenvalue weighted by molar-refractivity contribution is -0.127. The van der Waals surface area contributed by atoms with E-state index in [0.717, 1.165) is 26.7 Å². The molecule has 1 heterocycles. The quantitative estimate of drug-likeness (QED) is 0.299. The van der Waals surface area contributed by atoms with Crippen LogP contribution >= 0.6 is 50.9 Å². The van der Waals surface area contributed by atoms with Gasteiger partial charge in [0.1, 0.15) is 18.9 Å². The predicted molar refractivity (Wildman–Crippen MR) is 143 cm³/mol. The molecular formula is C25H17BrCl2N2O4S. The zero-order chi connectivity index (χ0) is 24.9. The highest BCUT2D eigenvalue weighted by molar-refractivity contribution is 9.10. The molecular weight excluding hydrogens is 575 g/mol. The van der Waals surface area contributed by atoms with Crippen molar-refractivity contribution in [2.45, 2.75) is 6.61 Å². The Hall–Kier alpha value is -2.78. The van der Waals surface area contributed by atoms with Crippen LogP contribution in [0.4, 0.5) is 10.5 Å². The first-order valence-electron chi connectivity index (χ1n) is 10.3. The molecule has 178 valence electrons. The number of para-hydroxylation sites is 1. The highest BCUT2D eigenvalue weighted by Gasteiger charge is 2.36. The van der Waals surface area contributed by atoms with Gasteiger partial charge in [0.15, 0.2) is 0 Å². The lowest BCUT2D eigenvalue weighted by Crippen LogP contribution is -2.36. The van der Waals surface area contributed by atoms with Gasteiger partial charge in [-0.3, -0.25) is 19.3 Å². The van der Waals surface area contributed by atoms with Crippen molar-refractivity contribution in [1.29, 1.82) is 0 Å². The van der Waals surface area contributed by atoms with Crippen molar-refractivity contribution in [3.8, 4) is 5.75 Å². The highest BCUT2D eigenvalue weighted by Crippen LogP contribution is 2.35. The van der Waals surface area contributed by atoms with E-state index in [1.165, 1.54) is 0 Å². The number of ether oxygens (including phenoxy) is 1. The Balaban J connectivity index is 1.50. The number of nitrogens with one attached hydrogen (secondary N) is 1. The van der Waals surface area contributed by atoms with E-state index in [-0.39, 0.29) is 11.5 Å². The van der Waals surface area contributed by atoms with Gasteiger partial charge in [0.25, 0.3) is 11.1 Å². The normalized spacial score (nSPS) is 14.5. The third-order valence-electron chi connectivity index (χ3n) is 4.92. The number of thioether (sulfide) groups is 1. The van der Waals surface area contributed by atoms with Gasteiger partial charge in [-0.2, -0.15) is 0 Å². The molecule has 3 aromatic carbocycles. The van der Waals surface area contributed by atoms with Crippen molar-refractivity contribution in [3.05, 3.63) is 97.3 Å². The fourth-order valence-corrected chi connectivity index (χ4v) is 4.79. The summed E-state index contributed by atoms with van der Waals surface area (Å²) in [5, 5.41) is 3.02. The van der Waals surface area contributed by atoms with Crippen LogP contribution in [0, 0.1) is 0 Å². The SMILES string of the molecule is O=C(CN1C(=O)S/C(=C/c2cc(Br)ccc2OCc2ccccc2Cl)C1=O)Nc1ccccc1Cl. The summed E-state index contributed by atoms with van der Waals surface area (Å²) < 4.78 is 6.73. The highest BCUT2D eigenvalue weighted by atomic mass is 79.9. The molecule has 0 atom stereocenters. The Labute approximate surface area is 224 Å². The third kappa shape index (κ3) is 6.27. The summed E-state index contributed by atoms with van der Waals surface area (Å²) in [6.45, 7) is -0.201. The van der Waals surface area contributed by atoms with E-state index in [2.05, 4.69) is 21.2 Å². The zero-order valence-corrected chi connectivity index (χ0v) is 21.9. The third-order valence-corrected chi connectivity index (χ3v) is 7.02. The summed E-state index contributed by atoms with van der Waals surface area (Å²) >= 11 is 16.5. The molecule has 0 unspecified atom stereocenters. The van der Waals surface area contributed by atoms with Gasteiger partial charge < -0.3 is 10.1 Å². The lowest BCUT2D eigenvalue weighted by atomic mass is 10.1. The molecule has 1 fully saturated rings. The molecule has 6 nitrogen and oxygen atoms in total. The maximum Gasteiger partial charge on any atom is 0.294 e. The van der Waals surface area contributed by atoms with Crippen LogP contribution in [0.5, 0.6) is 5.75 Å². The molecule has 0 radical (unpaired) electrons. The molecule has 1 aliphatic rings. The first-order chi connectivity index (χ1) is 16.8. The van der Waals surface area contributed by atoms with Gasteiger partial charge in [0, 0.05) is 20.6 Å². The number of carbonyl (C=O) groups excluding carboxylic acids is 3. The number of imide groups is 1. The molecule has 4 rings (SSSR count). The topological polar surface area (TPSA) is 75.7 Å². The number of nitrogens with zero attached hydrogens (tertiary/aromatic N) is 1. The number of hydrogen-bond donors (Lipinski definition) is 1. The van der Waals surface area contributed by atoms with Crippen LogP contribution in [0.15, 0.2) is 76.1 Å². The van der Waals surface area contributed by atoms with Crippen LogP contribution in [-0.2, 0) is 16.2 Å². The number of anilines is 1. The van der Waals surface area contributed by atoms with Crippen molar-refractivity contribution >= 4 is 79.7 Å². The van der Waals surface area contributed by atoms with E-state index in [1.807, 2.05) is 24.3 Å². The Morgan fingerprint density at radius 3 is 2.49 bits per heavy atom. The molecule has 3 amide bonds. The van der Waals surface area contributed by atoms with E-state index in [4.69, 9.17) is 27.9 Å². The van der Waals surface area contributed by atoms with Crippen molar-refractivity contribution in [2.24, 2.45) is 0 Å². The molecule has 1 N–H and O–H groups in total. The molecule has 0 bridgehead atoms. The summed E-state index contributed by atoms with van der Waals surface area (Å²) in [5.74, 6) is -0.587. The second kappa shape index (κ2) is 11.3. The summed E-state index contributed by atoms with van der Waals surface area (Å²) in [7, 11) is 0. The maximum atomic E-state index is 12.9. The Morgan fingerprint density at radius 1 is 1.03 bits per heavy atom. The second-order valence-electron chi connectivity index (χ2n) is 7.36. The number of hydrogen-bond acceptors (Lipinski definition) is 5. The van der Waals surface area contributed by atoms with Gasteiger partial charge in [0.05, 0.1) is 15.6 Å². The van der Waals surface area contributed by atoms with E-state index in [9.17, 15) is 14.4 Å². The van der Waals surface area contributed by atoms with E-state index in [0.29, 0.717) is 27.0 Å². The van der Waals surface area contributed by atoms with Crippen molar-refractivity contribution in [1.82, 2.24) is 4.90 Å². The standard InChI is InChI=1S/C25H17BrCl2N2O4S/c26-17-9-10-21(34-14-15-5-1-2-6-18(15)27)16(11-17)12-22-24(32)30(25(33)35-22)13-23(31)29-20-8-4-3-7-19(20)28/h1-12H,13-14H2,(H,29,31)/b22-12+. The van der Waals surface area contributed by atoms with Gasteiger partial charge in [-0.05, 0) is 54.2 Å². The minimum atomic E-state index is -0.564. The predicted octanol–water partition coefficient (Wildman–Crippen LogP) is 7.01. The summed E-state index contributed by atoms with van der Waals surface area (Å²) in [4.78, 5) is 39.0. The van der Waals surface area contributed by atoms with Gasteiger partial charge in [-0.1, -0.05) is 69.5 Å². The molecule has 3 aromatic rings. The fraction of sp³-hybridized carbons (Fsp3) is 0.0800. The molecule has 35 heavy (non-hydrogen) atoms. The molecule has 0 aromatic heterocycles. The first kappa shape index (κ1) is 25.3. The molecule has 1 saturated heterocycles. The molecule has 10 heteroatoms. The Bertz CT molecular complexity index is 1350. The smallest absolute Gasteiger partial charge is 0.294 e. The minimum absolute atomic E-state index is 0.182. The van der Waals surface area contributed by atoms with E-state index >= 15 is 0 Å². The molecule has 0 saturated carbocycles. The number of halogens is 3. The van der Waals surface area contributed by atoms with Crippen LogP contribution < -0.4 is 10.1 Å². The lowest BCUT2D eigenvalue weighted by Gasteiger charge is -2.13. The summed E-state index contributed by atoms with van der Waals surface area (Å²) in [5.41, 5.74) is 1.81. The van der Waals surface area contributed by atoms with E-state index < -0.39 is 23.6 Å². The minimum Gasteiger partial charge on any atom is -0.488 e. The average Bonchev–Trinajstić information content (AvgIpc) is 3.08. The average molecular weight is 592 g/mol. The van der Waals surface area contributed by atoms with Crippen LogP contribution in [0.1, 0.15) is 11.1 Å². The van der Waals surface area contributed by atoms with Crippen molar-refractivity contribution < 1.29 is 19.1 Å². The molecule has 0 spiro atoms. The number of amides is 3. The monoisotopic (exact) mass is 590 g/mol. The Morgan fingerprint density at radius 2 is 1.74 bits per heavy atom. The zero-order valence-electron chi connectivity index (χ0n) is 18.0. The number of rotatable bonds is 7. The fourth-order valence-electron chi connectivity index (χ4n) is 3.21. The van der Waals surface area contributed by atoms with E-state index in [1.54, 1.807) is 48.5 Å². The summed E-state index contributed by atoms with van der Waals surface area (Å²) in [6, 6.07) is 19.4. The largest absolute Gasteiger partial charge is 0.488 e. The van der Waals surface area contributed by atoms with Gasteiger partial charge in [-0.15, -0.1) is 0 Å². The van der Waals surface area contributed by atoms with Crippen molar-refractivity contribution in [2.75, 3.05) is 11.9 Å². The van der Waals surface area contributed by atoms with Gasteiger partial charge in [-0.25, -0.2) is 0 Å². The van der Waals surface area contributed by atoms with Gasteiger partial charge in [0.2, 0.25) is 5.91 Å². The van der Waals surface area contributed by atoms with Crippen LogP contribution in [0.25, 0.3) is 6.08 Å². The number of benzene rings is 3. The maximum absolute atomic E-state index is 12.9. The number of carbonyl (C=O) groups is 3. The van der Waals surface area contributed by atoms with Crippen molar-refractivity contribution in [3.63, 3.8) is 0 Å².